The van der Waals surface area contributed by atoms with Gasteiger partial charge in [-0.3, -0.25) is 0 Å². The van der Waals surface area contributed by atoms with Crippen LogP contribution in [0.1, 0.15) is 50.3 Å². The van der Waals surface area contributed by atoms with E-state index in [-0.39, 0.29) is 0 Å². The van der Waals surface area contributed by atoms with E-state index in [1.54, 1.807) is 0 Å². The van der Waals surface area contributed by atoms with Gasteiger partial charge in [0.15, 0.2) is 0 Å². The summed E-state index contributed by atoms with van der Waals surface area (Å²) < 4.78 is 0. The van der Waals surface area contributed by atoms with Crippen molar-refractivity contribution < 1.29 is 0 Å². The van der Waals surface area contributed by atoms with Gasteiger partial charge in [0, 0.05) is 25.3 Å². The zero-order valence-corrected chi connectivity index (χ0v) is 13.6. The van der Waals surface area contributed by atoms with Gasteiger partial charge < -0.3 is 10.2 Å². The fourth-order valence-electron chi connectivity index (χ4n) is 2.83. The minimum Gasteiger partial charge on any atom is -0.356 e. The highest BCUT2D eigenvalue weighted by Crippen LogP contribution is 2.35. The lowest BCUT2D eigenvalue weighted by Gasteiger charge is -2.24. The Bertz CT molecular complexity index is 450. The lowest BCUT2D eigenvalue weighted by Crippen LogP contribution is -2.29. The number of pyridine rings is 1. The van der Waals surface area contributed by atoms with Crippen molar-refractivity contribution >= 4 is 5.82 Å². The van der Waals surface area contributed by atoms with Crippen molar-refractivity contribution in [1.82, 2.24) is 10.3 Å². The maximum atomic E-state index is 4.90. The molecule has 0 bridgehead atoms. The maximum Gasteiger partial charge on any atom is 0.128 e. The van der Waals surface area contributed by atoms with Crippen LogP contribution in [0.15, 0.2) is 12.1 Å². The van der Waals surface area contributed by atoms with Crippen molar-refractivity contribution in [2.24, 2.45) is 11.8 Å². The second-order valence-electron chi connectivity index (χ2n) is 6.88. The number of anilines is 1. The first-order valence-electron chi connectivity index (χ1n) is 8.68. The molecule has 116 valence electrons. The lowest BCUT2D eigenvalue weighted by atomic mass is 10.2. The molecular weight excluding hydrogens is 258 g/mol. The van der Waals surface area contributed by atoms with Gasteiger partial charge in [-0.15, -0.1) is 0 Å². The molecule has 0 saturated heterocycles. The number of rotatable bonds is 9. The van der Waals surface area contributed by atoms with Crippen molar-refractivity contribution in [3.05, 3.63) is 23.4 Å². The molecule has 2 fully saturated rings. The molecule has 3 nitrogen and oxygen atoms in total. The van der Waals surface area contributed by atoms with Crippen molar-refractivity contribution in [2.45, 2.75) is 52.5 Å². The maximum absolute atomic E-state index is 4.90. The minimum absolute atomic E-state index is 0.928. The van der Waals surface area contributed by atoms with Crippen molar-refractivity contribution in [2.75, 3.05) is 24.5 Å². The molecular formula is C18H29N3. The summed E-state index contributed by atoms with van der Waals surface area (Å²) in [5, 5.41) is 3.47. The molecule has 1 aromatic heterocycles. The Morgan fingerprint density at radius 2 is 1.81 bits per heavy atom. The van der Waals surface area contributed by atoms with E-state index < -0.39 is 0 Å². The smallest absolute Gasteiger partial charge is 0.128 e. The van der Waals surface area contributed by atoms with E-state index in [2.05, 4.69) is 36.2 Å². The fraction of sp³-hybridized carbons (Fsp3) is 0.722. The fourth-order valence-corrected chi connectivity index (χ4v) is 2.83. The van der Waals surface area contributed by atoms with Gasteiger partial charge in [0.2, 0.25) is 0 Å². The van der Waals surface area contributed by atoms with Crippen LogP contribution in [0.2, 0.25) is 0 Å². The summed E-state index contributed by atoms with van der Waals surface area (Å²) in [6.07, 6.45) is 6.85. The van der Waals surface area contributed by atoms with Crippen LogP contribution in [0.3, 0.4) is 0 Å². The minimum atomic E-state index is 0.928. The summed E-state index contributed by atoms with van der Waals surface area (Å²) in [6.45, 7) is 8.81. The Morgan fingerprint density at radius 3 is 2.33 bits per heavy atom. The number of nitrogens with one attached hydrogen (secondary N) is 1. The Morgan fingerprint density at radius 1 is 1.14 bits per heavy atom. The molecule has 0 unspecified atom stereocenters. The highest BCUT2D eigenvalue weighted by molar-refractivity contribution is 5.42. The number of hydrogen-bond acceptors (Lipinski definition) is 3. The van der Waals surface area contributed by atoms with Crippen LogP contribution in [0, 0.1) is 18.8 Å². The zero-order valence-electron chi connectivity index (χ0n) is 13.6. The summed E-state index contributed by atoms with van der Waals surface area (Å²) in [7, 11) is 0. The molecule has 2 saturated carbocycles. The average Bonchev–Trinajstić information content (AvgIpc) is 3.35. The van der Waals surface area contributed by atoms with Crippen LogP contribution in [0.5, 0.6) is 0 Å². The summed E-state index contributed by atoms with van der Waals surface area (Å²) in [6, 6.07) is 4.51. The molecule has 0 aromatic carbocycles. The van der Waals surface area contributed by atoms with Crippen molar-refractivity contribution in [3.8, 4) is 0 Å². The molecule has 3 heteroatoms. The van der Waals surface area contributed by atoms with Crippen LogP contribution in [0.4, 0.5) is 5.82 Å². The molecule has 0 aliphatic heterocycles. The highest BCUT2D eigenvalue weighted by Gasteiger charge is 2.29. The normalized spacial score (nSPS) is 18.0. The third-order valence-corrected chi connectivity index (χ3v) is 4.60. The first-order valence-corrected chi connectivity index (χ1v) is 8.68. The summed E-state index contributed by atoms with van der Waals surface area (Å²) in [5.74, 6) is 3.05. The molecule has 0 amide bonds. The van der Waals surface area contributed by atoms with E-state index in [0.29, 0.717) is 0 Å². The Balaban J connectivity index is 1.65. The van der Waals surface area contributed by atoms with E-state index in [1.807, 2.05) is 0 Å². The van der Waals surface area contributed by atoms with E-state index in [0.717, 1.165) is 24.9 Å². The molecule has 3 rings (SSSR count). The van der Waals surface area contributed by atoms with Crippen LogP contribution in [0.25, 0.3) is 0 Å². The van der Waals surface area contributed by atoms with Gasteiger partial charge in [0.05, 0.1) is 0 Å². The number of aryl methyl sites for hydroxylation is 1. The lowest BCUT2D eigenvalue weighted by molar-refractivity contribution is 0.661. The van der Waals surface area contributed by atoms with Gasteiger partial charge >= 0.3 is 0 Å². The van der Waals surface area contributed by atoms with Crippen LogP contribution >= 0.6 is 0 Å². The topological polar surface area (TPSA) is 28.2 Å². The van der Waals surface area contributed by atoms with Crippen LogP contribution in [-0.4, -0.2) is 24.6 Å². The highest BCUT2D eigenvalue weighted by atomic mass is 15.2. The standard InChI is InChI=1S/C18H29N3/c1-3-10-19-11-17-8-9-18(20-14(17)2)21(12-15-4-5-15)13-16-6-7-16/h8-9,15-16,19H,3-7,10-13H2,1-2H3. The molecule has 21 heavy (non-hydrogen) atoms. The predicted octanol–water partition coefficient (Wildman–Crippen LogP) is 3.52. The van der Waals surface area contributed by atoms with Gasteiger partial charge in [-0.1, -0.05) is 13.0 Å². The van der Waals surface area contributed by atoms with E-state index in [9.17, 15) is 0 Å². The largest absolute Gasteiger partial charge is 0.356 e. The third kappa shape index (κ3) is 4.44. The number of aromatic nitrogens is 1. The average molecular weight is 287 g/mol. The SMILES string of the molecule is CCCNCc1ccc(N(CC2CC2)CC2CC2)nc1C. The quantitative estimate of drug-likeness (QED) is 0.704. The summed E-state index contributed by atoms with van der Waals surface area (Å²) >= 11 is 0. The molecule has 0 radical (unpaired) electrons. The van der Waals surface area contributed by atoms with Gasteiger partial charge in [-0.25, -0.2) is 4.98 Å². The first kappa shape index (κ1) is 14.8. The van der Waals surface area contributed by atoms with Crippen LogP contribution < -0.4 is 10.2 Å². The van der Waals surface area contributed by atoms with Crippen LogP contribution in [-0.2, 0) is 6.54 Å². The number of hydrogen-bond donors (Lipinski definition) is 1. The molecule has 1 heterocycles. The zero-order chi connectivity index (χ0) is 14.7. The summed E-state index contributed by atoms with van der Waals surface area (Å²) in [4.78, 5) is 7.45. The number of nitrogens with zero attached hydrogens (tertiary/aromatic N) is 2. The Hall–Kier alpha value is -1.09. The Labute approximate surface area is 129 Å². The third-order valence-electron chi connectivity index (χ3n) is 4.60. The molecule has 2 aliphatic carbocycles. The molecule has 0 spiro atoms. The second-order valence-corrected chi connectivity index (χ2v) is 6.88. The predicted molar refractivity (Wildman–Crippen MR) is 88.6 cm³/mol. The molecule has 2 aliphatic rings. The second kappa shape index (κ2) is 6.78. The van der Waals surface area contributed by atoms with Gasteiger partial charge in [0.1, 0.15) is 5.82 Å². The molecule has 1 N–H and O–H groups in total. The Kier molecular flexibility index (Phi) is 4.79. The monoisotopic (exact) mass is 287 g/mol. The van der Waals surface area contributed by atoms with E-state index >= 15 is 0 Å². The van der Waals surface area contributed by atoms with Crippen molar-refractivity contribution in [3.63, 3.8) is 0 Å². The van der Waals surface area contributed by atoms with Crippen molar-refractivity contribution in [1.29, 1.82) is 0 Å². The first-order chi connectivity index (χ1) is 10.3. The molecule has 0 atom stereocenters. The van der Waals surface area contributed by atoms with Gasteiger partial charge in [-0.05, 0) is 69.0 Å². The van der Waals surface area contributed by atoms with E-state index in [1.165, 1.54) is 62.3 Å². The summed E-state index contributed by atoms with van der Waals surface area (Å²) in [5.41, 5.74) is 2.53. The van der Waals surface area contributed by atoms with Gasteiger partial charge in [-0.2, -0.15) is 0 Å². The molecule has 1 aromatic rings. The van der Waals surface area contributed by atoms with Gasteiger partial charge in [0.25, 0.3) is 0 Å². The van der Waals surface area contributed by atoms with E-state index in [4.69, 9.17) is 4.98 Å².